The first-order valence-electron chi connectivity index (χ1n) is 9.97. The predicted octanol–water partition coefficient (Wildman–Crippen LogP) is 4.16. The highest BCUT2D eigenvalue weighted by molar-refractivity contribution is 6.06. The molecule has 0 atom stereocenters. The number of hydrogen-bond acceptors (Lipinski definition) is 7. The molecule has 32 heavy (non-hydrogen) atoms. The van der Waals surface area contributed by atoms with Crippen LogP contribution in [-0.4, -0.2) is 35.5 Å². The highest BCUT2D eigenvalue weighted by Gasteiger charge is 2.30. The van der Waals surface area contributed by atoms with E-state index in [0.717, 1.165) is 5.56 Å². The van der Waals surface area contributed by atoms with Crippen molar-refractivity contribution in [2.24, 2.45) is 0 Å². The standard InChI is InChI=1S/C22H22N4O6/c1-22(2,3)15-10-13(25-8-7-18(27)24-21(25)28)9-14(19(15)31-4)20-23-16-6-5-12(26(29)30)11-17(16)32-20/h5-6,9-11H,7-8H2,1-4H3,(H,24,27,28). The number of nitrogens with zero attached hydrogens (tertiary/aromatic N) is 3. The monoisotopic (exact) mass is 438 g/mol. The fourth-order valence-electron chi connectivity index (χ4n) is 3.66. The van der Waals surface area contributed by atoms with E-state index in [4.69, 9.17) is 9.15 Å². The molecule has 10 heteroatoms. The minimum atomic E-state index is -0.509. The highest BCUT2D eigenvalue weighted by Crippen LogP contribution is 2.43. The number of hydrogen-bond donors (Lipinski definition) is 1. The molecule has 3 aromatic rings. The van der Waals surface area contributed by atoms with Gasteiger partial charge in [0.1, 0.15) is 11.3 Å². The second-order valence-corrected chi connectivity index (χ2v) is 8.51. The minimum Gasteiger partial charge on any atom is -0.496 e. The number of ether oxygens (including phenoxy) is 1. The Balaban J connectivity index is 1.92. The average molecular weight is 438 g/mol. The van der Waals surface area contributed by atoms with Crippen molar-refractivity contribution in [3.8, 4) is 17.2 Å². The number of fused-ring (bicyclic) bond motifs is 1. The molecule has 1 aromatic heterocycles. The number of carbonyl (C=O) groups excluding carboxylic acids is 2. The van der Waals surface area contributed by atoms with E-state index < -0.39 is 11.0 Å². The number of oxazole rings is 1. The number of nitro groups is 1. The van der Waals surface area contributed by atoms with Crippen LogP contribution in [-0.2, 0) is 10.2 Å². The Labute approximate surface area is 183 Å². The normalized spacial score (nSPS) is 14.6. The maximum atomic E-state index is 12.5. The number of imide groups is 1. The largest absolute Gasteiger partial charge is 0.496 e. The summed E-state index contributed by atoms with van der Waals surface area (Å²) in [4.78, 5) is 40.6. The second kappa shape index (κ2) is 7.63. The van der Waals surface area contributed by atoms with Crippen LogP contribution in [0.1, 0.15) is 32.8 Å². The maximum absolute atomic E-state index is 12.5. The molecule has 3 amide bonds. The molecule has 0 aliphatic carbocycles. The van der Waals surface area contributed by atoms with Gasteiger partial charge in [0.05, 0.1) is 23.7 Å². The van der Waals surface area contributed by atoms with Gasteiger partial charge in [-0.25, -0.2) is 9.78 Å². The first kappa shape index (κ1) is 21.3. The molecule has 0 radical (unpaired) electrons. The first-order chi connectivity index (χ1) is 15.1. The summed E-state index contributed by atoms with van der Waals surface area (Å²) in [5, 5.41) is 13.4. The molecule has 1 aliphatic heterocycles. The topological polar surface area (TPSA) is 128 Å². The lowest BCUT2D eigenvalue weighted by Gasteiger charge is -2.30. The van der Waals surface area contributed by atoms with Gasteiger partial charge in [-0.2, -0.15) is 0 Å². The molecule has 1 fully saturated rings. The lowest BCUT2D eigenvalue weighted by atomic mass is 9.84. The molecule has 0 unspecified atom stereocenters. The molecule has 1 saturated heterocycles. The third-order valence-corrected chi connectivity index (χ3v) is 5.26. The number of aromatic nitrogens is 1. The van der Waals surface area contributed by atoms with Crippen LogP contribution < -0.4 is 15.0 Å². The number of non-ortho nitro benzene ring substituents is 1. The van der Waals surface area contributed by atoms with Crippen molar-refractivity contribution >= 4 is 34.4 Å². The molecule has 0 bridgehead atoms. The van der Waals surface area contributed by atoms with Crippen molar-refractivity contribution in [3.05, 3.63) is 46.0 Å². The van der Waals surface area contributed by atoms with E-state index in [1.54, 1.807) is 6.07 Å². The van der Waals surface area contributed by atoms with E-state index in [2.05, 4.69) is 10.3 Å². The Kier molecular flexibility index (Phi) is 5.08. The Bertz CT molecular complexity index is 1260. The Morgan fingerprint density at radius 1 is 1.22 bits per heavy atom. The number of urea groups is 1. The second-order valence-electron chi connectivity index (χ2n) is 8.51. The number of rotatable bonds is 4. The molecule has 0 saturated carbocycles. The molecule has 10 nitrogen and oxygen atoms in total. The summed E-state index contributed by atoms with van der Waals surface area (Å²) in [6.45, 7) is 6.26. The van der Waals surface area contributed by atoms with Crippen LogP contribution in [0.5, 0.6) is 5.75 Å². The van der Waals surface area contributed by atoms with Gasteiger partial charge in [0.15, 0.2) is 5.58 Å². The summed E-state index contributed by atoms with van der Waals surface area (Å²) in [6.07, 6.45) is 0.185. The van der Waals surface area contributed by atoms with Gasteiger partial charge >= 0.3 is 6.03 Å². The van der Waals surface area contributed by atoms with Gasteiger partial charge in [0.25, 0.3) is 5.69 Å². The fraction of sp³-hybridized carbons (Fsp3) is 0.318. The smallest absolute Gasteiger partial charge is 0.328 e. The van der Waals surface area contributed by atoms with Crippen molar-refractivity contribution < 1.29 is 23.7 Å². The zero-order valence-corrected chi connectivity index (χ0v) is 18.1. The third kappa shape index (κ3) is 3.75. The van der Waals surface area contributed by atoms with Crippen molar-refractivity contribution in [2.45, 2.75) is 32.6 Å². The van der Waals surface area contributed by atoms with Crippen LogP contribution in [0.15, 0.2) is 34.7 Å². The molecule has 2 heterocycles. The zero-order valence-electron chi connectivity index (χ0n) is 18.1. The summed E-state index contributed by atoms with van der Waals surface area (Å²) in [6, 6.07) is 7.25. The number of benzene rings is 2. The molecule has 1 aliphatic rings. The number of amides is 3. The minimum absolute atomic E-state index is 0.106. The van der Waals surface area contributed by atoms with Crippen LogP contribution in [0.3, 0.4) is 0 Å². The van der Waals surface area contributed by atoms with Crippen molar-refractivity contribution in [2.75, 3.05) is 18.6 Å². The van der Waals surface area contributed by atoms with Crippen molar-refractivity contribution in [1.29, 1.82) is 0 Å². The lowest BCUT2D eigenvalue weighted by Crippen LogP contribution is -2.49. The van der Waals surface area contributed by atoms with Gasteiger partial charge in [0.2, 0.25) is 11.8 Å². The molecule has 166 valence electrons. The number of nitro benzene ring substituents is 1. The number of carbonyl (C=O) groups is 2. The van der Waals surface area contributed by atoms with Gasteiger partial charge in [-0.1, -0.05) is 20.8 Å². The summed E-state index contributed by atoms with van der Waals surface area (Å²) in [7, 11) is 1.54. The first-order valence-corrected chi connectivity index (χ1v) is 9.97. The van der Waals surface area contributed by atoms with E-state index in [-0.39, 0.29) is 41.4 Å². The van der Waals surface area contributed by atoms with Crippen LogP contribution in [0.2, 0.25) is 0 Å². The lowest BCUT2D eigenvalue weighted by molar-refractivity contribution is -0.384. The molecular weight excluding hydrogens is 416 g/mol. The van der Waals surface area contributed by atoms with Crippen molar-refractivity contribution in [1.82, 2.24) is 10.3 Å². The van der Waals surface area contributed by atoms with E-state index in [9.17, 15) is 19.7 Å². The van der Waals surface area contributed by atoms with Crippen LogP contribution >= 0.6 is 0 Å². The van der Waals surface area contributed by atoms with E-state index in [1.807, 2.05) is 26.8 Å². The van der Waals surface area contributed by atoms with Gasteiger partial charge in [-0.3, -0.25) is 25.1 Å². The summed E-state index contributed by atoms with van der Waals surface area (Å²) in [5.74, 6) is 0.408. The van der Waals surface area contributed by atoms with Gasteiger partial charge < -0.3 is 9.15 Å². The highest BCUT2D eigenvalue weighted by atomic mass is 16.6. The van der Waals surface area contributed by atoms with Gasteiger partial charge in [-0.15, -0.1) is 0 Å². The molecule has 1 N–H and O–H groups in total. The van der Waals surface area contributed by atoms with Gasteiger partial charge in [-0.05, 0) is 23.6 Å². The Morgan fingerprint density at radius 3 is 2.59 bits per heavy atom. The number of methoxy groups -OCH3 is 1. The third-order valence-electron chi connectivity index (χ3n) is 5.26. The molecule has 0 spiro atoms. The van der Waals surface area contributed by atoms with Crippen molar-refractivity contribution in [3.63, 3.8) is 0 Å². The maximum Gasteiger partial charge on any atom is 0.328 e. The quantitative estimate of drug-likeness (QED) is 0.478. The zero-order chi connectivity index (χ0) is 23.2. The van der Waals surface area contributed by atoms with Crippen LogP contribution in [0.25, 0.3) is 22.6 Å². The molecular formula is C22H22N4O6. The molecule has 2 aromatic carbocycles. The summed E-state index contributed by atoms with van der Waals surface area (Å²) in [5.41, 5.74) is 2.12. The van der Waals surface area contributed by atoms with Crippen LogP contribution in [0, 0.1) is 10.1 Å². The Hall–Kier alpha value is -3.95. The predicted molar refractivity (Wildman–Crippen MR) is 117 cm³/mol. The number of anilines is 1. The van der Waals surface area contributed by atoms with E-state index >= 15 is 0 Å². The van der Waals surface area contributed by atoms with E-state index in [1.165, 1.54) is 30.2 Å². The van der Waals surface area contributed by atoms with E-state index in [0.29, 0.717) is 22.5 Å². The summed E-state index contributed by atoms with van der Waals surface area (Å²) < 4.78 is 11.6. The SMILES string of the molecule is COc1c(-c2nc3ccc([N+](=O)[O-])cc3o2)cc(N2CCC(=O)NC2=O)cc1C(C)(C)C. The Morgan fingerprint density at radius 2 is 1.97 bits per heavy atom. The van der Waals surface area contributed by atoms with Gasteiger partial charge in [0, 0.05) is 30.3 Å². The van der Waals surface area contributed by atoms with Crippen LogP contribution in [0.4, 0.5) is 16.2 Å². The number of nitrogens with one attached hydrogen (secondary N) is 1. The molecule has 4 rings (SSSR count). The fourth-order valence-corrected chi connectivity index (χ4v) is 3.66. The summed E-state index contributed by atoms with van der Waals surface area (Å²) >= 11 is 0. The average Bonchev–Trinajstić information content (AvgIpc) is 3.15.